The highest BCUT2D eigenvalue weighted by molar-refractivity contribution is 7.98. The first-order valence-corrected chi connectivity index (χ1v) is 10.1. The molecule has 4 aromatic rings. The summed E-state index contributed by atoms with van der Waals surface area (Å²) >= 11 is 1.22. The summed E-state index contributed by atoms with van der Waals surface area (Å²) in [5.74, 6) is -0.715. The molecule has 0 amide bonds. The summed E-state index contributed by atoms with van der Waals surface area (Å²) in [7, 11) is 0. The van der Waals surface area contributed by atoms with Crippen molar-refractivity contribution in [1.29, 1.82) is 0 Å². The summed E-state index contributed by atoms with van der Waals surface area (Å²) < 4.78 is 10.7. The van der Waals surface area contributed by atoms with Crippen molar-refractivity contribution >= 4 is 45.2 Å². The van der Waals surface area contributed by atoms with E-state index in [0.717, 1.165) is 10.8 Å². The summed E-state index contributed by atoms with van der Waals surface area (Å²) in [4.78, 5) is 35.6. The van der Waals surface area contributed by atoms with Crippen LogP contribution in [0.4, 0.5) is 5.69 Å². The lowest BCUT2D eigenvalue weighted by Gasteiger charge is -2.10. The van der Waals surface area contributed by atoms with E-state index in [4.69, 9.17) is 9.15 Å². The second-order valence-corrected chi connectivity index (χ2v) is 7.32. The fourth-order valence-corrected chi connectivity index (χ4v) is 3.87. The van der Waals surface area contributed by atoms with E-state index in [0.29, 0.717) is 21.4 Å². The number of benzene rings is 3. The average molecular weight is 421 g/mol. The number of rotatable bonds is 5. The van der Waals surface area contributed by atoms with Crippen LogP contribution in [0.25, 0.3) is 21.7 Å². The maximum absolute atomic E-state index is 12.5. The normalized spacial score (nSPS) is 11.0. The Bertz CT molecular complexity index is 1360. The first-order chi connectivity index (χ1) is 14.5. The molecule has 7 nitrogen and oxygen atoms in total. The zero-order chi connectivity index (χ0) is 21.3. The largest absolute Gasteiger partial charge is 0.457 e. The zero-order valence-corrected chi connectivity index (χ0v) is 16.6. The number of ether oxygens (including phenoxy) is 1. The van der Waals surface area contributed by atoms with Gasteiger partial charge >= 0.3 is 11.6 Å². The standard InChI is InChI=1S/C22H15NO6S/c1-30-19-9-7-14(10-17(19)23(26)27)22(25)28-12-15-11-20(24)29-18-8-6-13-4-2-3-5-16(13)21(15)18/h2-11H,12H2,1H3. The number of carbonyl (C=O) groups is 1. The van der Waals surface area contributed by atoms with Gasteiger partial charge in [-0.3, -0.25) is 10.1 Å². The lowest BCUT2D eigenvalue weighted by atomic mass is 10.0. The molecular formula is C22H15NO6S. The van der Waals surface area contributed by atoms with Crippen LogP contribution in [0.3, 0.4) is 0 Å². The van der Waals surface area contributed by atoms with Crippen LogP contribution in [0.1, 0.15) is 15.9 Å². The Labute approximate surface area is 174 Å². The van der Waals surface area contributed by atoms with Crippen molar-refractivity contribution in [3.05, 3.63) is 92.3 Å². The van der Waals surface area contributed by atoms with Crippen LogP contribution in [0.15, 0.2) is 74.8 Å². The molecular weight excluding hydrogens is 406 g/mol. The summed E-state index contributed by atoms with van der Waals surface area (Å²) in [6.07, 6.45) is 1.72. The number of carbonyl (C=O) groups excluding carboxylic acids is 1. The van der Waals surface area contributed by atoms with E-state index >= 15 is 0 Å². The highest BCUT2D eigenvalue weighted by Crippen LogP contribution is 2.30. The minimum absolute atomic E-state index is 0.0663. The van der Waals surface area contributed by atoms with E-state index in [2.05, 4.69) is 0 Å². The number of thioether (sulfide) groups is 1. The SMILES string of the molecule is CSc1ccc(C(=O)OCc2cc(=O)oc3ccc4ccccc4c23)cc1[N+](=O)[O-]. The van der Waals surface area contributed by atoms with E-state index in [1.54, 1.807) is 12.3 Å². The number of hydrogen-bond donors (Lipinski definition) is 0. The second kappa shape index (κ2) is 8.00. The molecule has 0 fully saturated rings. The molecule has 3 aromatic carbocycles. The monoisotopic (exact) mass is 421 g/mol. The predicted molar refractivity (Wildman–Crippen MR) is 114 cm³/mol. The molecule has 0 spiro atoms. The van der Waals surface area contributed by atoms with Gasteiger partial charge in [0.15, 0.2) is 0 Å². The van der Waals surface area contributed by atoms with Crippen molar-refractivity contribution in [1.82, 2.24) is 0 Å². The van der Waals surface area contributed by atoms with E-state index < -0.39 is 16.5 Å². The summed E-state index contributed by atoms with van der Waals surface area (Å²) in [5.41, 5.74) is 0.253. The second-order valence-electron chi connectivity index (χ2n) is 6.47. The van der Waals surface area contributed by atoms with Crippen molar-refractivity contribution in [2.45, 2.75) is 11.5 Å². The van der Waals surface area contributed by atoms with Crippen LogP contribution in [-0.2, 0) is 11.3 Å². The molecule has 0 atom stereocenters. The van der Waals surface area contributed by atoms with Crippen LogP contribution >= 0.6 is 11.8 Å². The molecule has 30 heavy (non-hydrogen) atoms. The van der Waals surface area contributed by atoms with Crippen molar-refractivity contribution in [3.8, 4) is 0 Å². The Balaban J connectivity index is 1.69. The molecule has 0 bridgehead atoms. The molecule has 0 aliphatic rings. The van der Waals surface area contributed by atoms with Crippen molar-refractivity contribution in [2.75, 3.05) is 6.26 Å². The third kappa shape index (κ3) is 3.65. The maximum Gasteiger partial charge on any atom is 0.338 e. The molecule has 0 unspecified atom stereocenters. The summed E-state index contributed by atoms with van der Waals surface area (Å²) in [6.45, 7) is -0.174. The van der Waals surface area contributed by atoms with Gasteiger partial charge in [-0.1, -0.05) is 30.3 Å². The van der Waals surface area contributed by atoms with Gasteiger partial charge < -0.3 is 9.15 Å². The van der Waals surface area contributed by atoms with Crippen LogP contribution in [0.2, 0.25) is 0 Å². The predicted octanol–water partition coefficient (Wildman–Crippen LogP) is 4.93. The van der Waals surface area contributed by atoms with Gasteiger partial charge in [-0.15, -0.1) is 11.8 Å². The van der Waals surface area contributed by atoms with Crippen LogP contribution in [0.5, 0.6) is 0 Å². The number of esters is 1. The number of nitro groups is 1. The quantitative estimate of drug-likeness (QED) is 0.112. The topological polar surface area (TPSA) is 99.7 Å². The molecule has 150 valence electrons. The van der Waals surface area contributed by atoms with Gasteiger partial charge in [0.25, 0.3) is 5.69 Å². The summed E-state index contributed by atoms with van der Waals surface area (Å²) in [6, 6.07) is 16.6. The molecule has 8 heteroatoms. The number of nitro benzene ring substituents is 1. The fourth-order valence-electron chi connectivity index (χ4n) is 3.32. The number of hydrogen-bond acceptors (Lipinski definition) is 7. The molecule has 0 radical (unpaired) electrons. The van der Waals surface area contributed by atoms with Crippen LogP contribution in [-0.4, -0.2) is 17.1 Å². The maximum atomic E-state index is 12.5. The first-order valence-electron chi connectivity index (χ1n) is 8.92. The molecule has 1 aromatic heterocycles. The Hall–Kier alpha value is -3.65. The van der Waals surface area contributed by atoms with Gasteiger partial charge in [0.1, 0.15) is 12.2 Å². The highest BCUT2D eigenvalue weighted by atomic mass is 32.2. The smallest absolute Gasteiger partial charge is 0.338 e. The third-order valence-corrected chi connectivity index (χ3v) is 5.47. The molecule has 0 aliphatic carbocycles. The molecule has 0 saturated heterocycles. The molecule has 4 rings (SSSR count). The average Bonchev–Trinajstić information content (AvgIpc) is 2.76. The van der Waals surface area contributed by atoms with Crippen molar-refractivity contribution in [3.63, 3.8) is 0 Å². The van der Waals surface area contributed by atoms with E-state index in [1.807, 2.05) is 30.3 Å². The van der Waals surface area contributed by atoms with Crippen LogP contribution in [0, 0.1) is 10.1 Å². The van der Waals surface area contributed by atoms with Crippen molar-refractivity contribution in [2.24, 2.45) is 0 Å². The Morgan fingerprint density at radius 1 is 1.13 bits per heavy atom. The lowest BCUT2D eigenvalue weighted by molar-refractivity contribution is -0.387. The van der Waals surface area contributed by atoms with Gasteiger partial charge in [0, 0.05) is 23.1 Å². The molecule has 0 saturated carbocycles. The molecule has 0 N–H and O–H groups in total. The van der Waals surface area contributed by atoms with Gasteiger partial charge in [-0.2, -0.15) is 0 Å². The highest BCUT2D eigenvalue weighted by Gasteiger charge is 2.19. The fraction of sp³-hybridized carbons (Fsp3) is 0.0909. The molecule has 0 aliphatic heterocycles. The Kier molecular flexibility index (Phi) is 5.24. The van der Waals surface area contributed by atoms with Gasteiger partial charge in [0.05, 0.1) is 15.4 Å². The Morgan fingerprint density at radius 3 is 2.70 bits per heavy atom. The van der Waals surface area contributed by atoms with Gasteiger partial charge in [0.2, 0.25) is 0 Å². The lowest BCUT2D eigenvalue weighted by Crippen LogP contribution is -2.08. The van der Waals surface area contributed by atoms with E-state index in [-0.39, 0.29) is 17.9 Å². The zero-order valence-electron chi connectivity index (χ0n) is 15.8. The van der Waals surface area contributed by atoms with Gasteiger partial charge in [-0.05, 0) is 35.2 Å². The van der Waals surface area contributed by atoms with Crippen molar-refractivity contribution < 1.29 is 18.9 Å². The Morgan fingerprint density at radius 2 is 1.93 bits per heavy atom. The van der Waals surface area contributed by atoms with E-state index in [9.17, 15) is 19.7 Å². The minimum Gasteiger partial charge on any atom is -0.457 e. The van der Waals surface area contributed by atoms with Crippen LogP contribution < -0.4 is 5.63 Å². The number of nitrogens with zero attached hydrogens (tertiary/aromatic N) is 1. The van der Waals surface area contributed by atoms with Gasteiger partial charge in [-0.25, -0.2) is 9.59 Å². The first kappa shape index (κ1) is 19.7. The number of fused-ring (bicyclic) bond motifs is 3. The third-order valence-electron chi connectivity index (χ3n) is 4.68. The minimum atomic E-state index is -0.715. The van der Waals surface area contributed by atoms with E-state index in [1.165, 1.54) is 36.0 Å². The summed E-state index contributed by atoms with van der Waals surface area (Å²) in [5, 5.41) is 13.7. The molecule has 1 heterocycles.